The molecule has 0 aliphatic heterocycles. The van der Waals surface area contributed by atoms with Gasteiger partial charge in [0.15, 0.2) is 0 Å². The fourth-order valence-electron chi connectivity index (χ4n) is 2.10. The van der Waals surface area contributed by atoms with Crippen LogP contribution in [-0.4, -0.2) is 11.9 Å². The molecule has 0 saturated heterocycles. The predicted octanol–water partition coefficient (Wildman–Crippen LogP) is 3.12. The lowest BCUT2D eigenvalue weighted by Crippen LogP contribution is -2.36. The molecule has 0 atom stereocenters. The number of hydrogen-bond donors (Lipinski definition) is 1. The SMILES string of the molecule is Cc1cscc1C(=O)NC1CCCCC1. The van der Waals surface area contributed by atoms with Crippen molar-refractivity contribution in [1.29, 1.82) is 0 Å². The smallest absolute Gasteiger partial charge is 0.252 e. The lowest BCUT2D eigenvalue weighted by Gasteiger charge is -2.22. The second kappa shape index (κ2) is 4.79. The van der Waals surface area contributed by atoms with Gasteiger partial charge in [-0.15, -0.1) is 0 Å². The van der Waals surface area contributed by atoms with Gasteiger partial charge in [0.05, 0.1) is 5.56 Å². The minimum absolute atomic E-state index is 0.112. The van der Waals surface area contributed by atoms with Crippen molar-refractivity contribution in [2.75, 3.05) is 0 Å². The molecule has 0 radical (unpaired) electrons. The third-order valence-corrected chi connectivity index (χ3v) is 3.90. The topological polar surface area (TPSA) is 29.1 Å². The first-order valence-electron chi connectivity index (χ1n) is 5.61. The number of thiophene rings is 1. The highest BCUT2D eigenvalue weighted by atomic mass is 32.1. The van der Waals surface area contributed by atoms with Crippen LogP contribution in [-0.2, 0) is 0 Å². The Labute approximate surface area is 94.7 Å². The van der Waals surface area contributed by atoms with Gasteiger partial charge in [-0.05, 0) is 30.7 Å². The largest absolute Gasteiger partial charge is 0.349 e. The maximum Gasteiger partial charge on any atom is 0.252 e. The predicted molar refractivity (Wildman–Crippen MR) is 63.4 cm³/mol. The van der Waals surface area contributed by atoms with E-state index in [1.807, 2.05) is 17.7 Å². The second-order valence-corrected chi connectivity index (χ2v) is 5.02. The Kier molecular flexibility index (Phi) is 3.41. The van der Waals surface area contributed by atoms with Crippen molar-refractivity contribution in [3.63, 3.8) is 0 Å². The molecular formula is C12H17NOS. The zero-order chi connectivity index (χ0) is 10.7. The van der Waals surface area contributed by atoms with E-state index in [9.17, 15) is 4.79 Å². The Hall–Kier alpha value is -0.830. The Balaban J connectivity index is 1.94. The van der Waals surface area contributed by atoms with E-state index in [-0.39, 0.29) is 5.91 Å². The standard InChI is InChI=1S/C12H17NOS/c1-9-7-15-8-11(9)12(14)13-10-5-3-2-4-6-10/h7-8,10H,2-6H2,1H3,(H,13,14). The molecule has 1 amide bonds. The molecule has 1 aromatic heterocycles. The number of carbonyl (C=O) groups is 1. The number of carbonyl (C=O) groups excluding carboxylic acids is 1. The van der Waals surface area contributed by atoms with Gasteiger partial charge in [-0.3, -0.25) is 4.79 Å². The third-order valence-electron chi connectivity index (χ3n) is 3.04. The monoisotopic (exact) mass is 223 g/mol. The van der Waals surface area contributed by atoms with Gasteiger partial charge in [-0.25, -0.2) is 0 Å². The summed E-state index contributed by atoms with van der Waals surface area (Å²) in [5.41, 5.74) is 1.94. The fourth-order valence-corrected chi connectivity index (χ4v) is 2.93. The van der Waals surface area contributed by atoms with E-state index < -0.39 is 0 Å². The maximum absolute atomic E-state index is 11.9. The molecule has 2 rings (SSSR count). The Bertz CT molecular complexity index is 339. The summed E-state index contributed by atoms with van der Waals surface area (Å²) < 4.78 is 0. The molecular weight excluding hydrogens is 206 g/mol. The summed E-state index contributed by atoms with van der Waals surface area (Å²) in [5.74, 6) is 0.112. The number of nitrogens with one attached hydrogen (secondary N) is 1. The van der Waals surface area contributed by atoms with Crippen molar-refractivity contribution in [1.82, 2.24) is 5.32 Å². The summed E-state index contributed by atoms with van der Waals surface area (Å²) in [5, 5.41) is 7.09. The lowest BCUT2D eigenvalue weighted by molar-refractivity contribution is 0.0927. The molecule has 1 aliphatic carbocycles. The van der Waals surface area contributed by atoms with Gasteiger partial charge in [0.25, 0.3) is 5.91 Å². The summed E-state index contributed by atoms with van der Waals surface area (Å²) in [7, 11) is 0. The molecule has 1 aromatic rings. The minimum Gasteiger partial charge on any atom is -0.349 e. The Morgan fingerprint density at radius 3 is 2.67 bits per heavy atom. The van der Waals surface area contributed by atoms with Crippen molar-refractivity contribution >= 4 is 17.2 Å². The van der Waals surface area contributed by atoms with Gasteiger partial charge in [-0.1, -0.05) is 19.3 Å². The first-order chi connectivity index (χ1) is 7.27. The quantitative estimate of drug-likeness (QED) is 0.820. The molecule has 0 bridgehead atoms. The lowest BCUT2D eigenvalue weighted by atomic mass is 9.95. The molecule has 0 spiro atoms. The fraction of sp³-hybridized carbons (Fsp3) is 0.583. The highest BCUT2D eigenvalue weighted by Gasteiger charge is 2.17. The van der Waals surface area contributed by atoms with Crippen molar-refractivity contribution in [2.24, 2.45) is 0 Å². The molecule has 1 fully saturated rings. The summed E-state index contributed by atoms with van der Waals surface area (Å²) in [6.45, 7) is 1.99. The van der Waals surface area contributed by atoms with Crippen molar-refractivity contribution in [2.45, 2.75) is 45.1 Å². The van der Waals surface area contributed by atoms with Crippen LogP contribution in [0.3, 0.4) is 0 Å². The van der Waals surface area contributed by atoms with Crippen LogP contribution >= 0.6 is 11.3 Å². The minimum atomic E-state index is 0.112. The number of rotatable bonds is 2. The second-order valence-electron chi connectivity index (χ2n) is 4.28. The van der Waals surface area contributed by atoms with Gasteiger partial charge in [0.2, 0.25) is 0 Å². The molecule has 1 heterocycles. The average Bonchev–Trinajstić information content (AvgIpc) is 2.66. The molecule has 82 valence electrons. The molecule has 3 heteroatoms. The van der Waals surface area contributed by atoms with Gasteiger partial charge in [-0.2, -0.15) is 11.3 Å². The van der Waals surface area contributed by atoms with E-state index >= 15 is 0 Å². The van der Waals surface area contributed by atoms with E-state index in [1.165, 1.54) is 19.3 Å². The molecule has 2 nitrogen and oxygen atoms in total. The number of hydrogen-bond acceptors (Lipinski definition) is 2. The molecule has 0 unspecified atom stereocenters. The van der Waals surface area contributed by atoms with Crippen LogP contribution in [0.1, 0.15) is 48.0 Å². The molecule has 0 aromatic carbocycles. The first kappa shape index (κ1) is 10.7. The van der Waals surface area contributed by atoms with Crippen LogP contribution in [0.15, 0.2) is 10.8 Å². The van der Waals surface area contributed by atoms with Gasteiger partial charge in [0.1, 0.15) is 0 Å². The van der Waals surface area contributed by atoms with E-state index in [1.54, 1.807) is 11.3 Å². The van der Waals surface area contributed by atoms with Crippen LogP contribution in [0.25, 0.3) is 0 Å². The third kappa shape index (κ3) is 2.59. The Morgan fingerprint density at radius 1 is 1.33 bits per heavy atom. The molecule has 15 heavy (non-hydrogen) atoms. The van der Waals surface area contributed by atoms with Crippen molar-refractivity contribution in [3.8, 4) is 0 Å². The van der Waals surface area contributed by atoms with Crippen LogP contribution in [0.4, 0.5) is 0 Å². The van der Waals surface area contributed by atoms with E-state index in [0.29, 0.717) is 6.04 Å². The van der Waals surface area contributed by atoms with Crippen molar-refractivity contribution in [3.05, 3.63) is 21.9 Å². The highest BCUT2D eigenvalue weighted by Crippen LogP contribution is 2.19. The number of amides is 1. The van der Waals surface area contributed by atoms with Crippen LogP contribution in [0.5, 0.6) is 0 Å². The van der Waals surface area contributed by atoms with Crippen LogP contribution < -0.4 is 5.32 Å². The summed E-state index contributed by atoms with van der Waals surface area (Å²) >= 11 is 1.60. The number of aryl methyl sites for hydroxylation is 1. The summed E-state index contributed by atoms with van der Waals surface area (Å²) in [6, 6.07) is 0.408. The first-order valence-corrected chi connectivity index (χ1v) is 6.55. The van der Waals surface area contributed by atoms with Crippen LogP contribution in [0.2, 0.25) is 0 Å². The van der Waals surface area contributed by atoms with Crippen LogP contribution in [0, 0.1) is 6.92 Å². The van der Waals surface area contributed by atoms with Crippen molar-refractivity contribution < 1.29 is 4.79 Å². The van der Waals surface area contributed by atoms with Gasteiger partial charge < -0.3 is 5.32 Å². The normalized spacial score (nSPS) is 17.7. The molecule has 1 saturated carbocycles. The average molecular weight is 223 g/mol. The van der Waals surface area contributed by atoms with Gasteiger partial charge in [0, 0.05) is 11.4 Å². The maximum atomic E-state index is 11.9. The highest BCUT2D eigenvalue weighted by molar-refractivity contribution is 7.08. The zero-order valence-electron chi connectivity index (χ0n) is 9.08. The summed E-state index contributed by atoms with van der Waals surface area (Å²) in [6.07, 6.45) is 6.13. The van der Waals surface area contributed by atoms with E-state index in [2.05, 4.69) is 5.32 Å². The summed E-state index contributed by atoms with van der Waals surface area (Å²) in [4.78, 5) is 11.9. The zero-order valence-corrected chi connectivity index (χ0v) is 9.90. The van der Waals surface area contributed by atoms with Gasteiger partial charge >= 0.3 is 0 Å². The molecule has 1 N–H and O–H groups in total. The Morgan fingerprint density at radius 2 is 2.07 bits per heavy atom. The van der Waals surface area contributed by atoms with E-state index in [4.69, 9.17) is 0 Å². The molecule has 1 aliphatic rings. The van der Waals surface area contributed by atoms with E-state index in [0.717, 1.165) is 24.0 Å².